The lowest BCUT2D eigenvalue weighted by atomic mass is 10.1. The third-order valence-corrected chi connectivity index (χ3v) is 3.82. The number of hydrogen-bond acceptors (Lipinski definition) is 5. The highest BCUT2D eigenvalue weighted by molar-refractivity contribution is 6.23. The van der Waals surface area contributed by atoms with Gasteiger partial charge in [-0.3, -0.25) is 28.9 Å². The van der Waals surface area contributed by atoms with E-state index in [9.17, 15) is 14.4 Å². The Bertz CT molecular complexity index is 1080. The van der Waals surface area contributed by atoms with Crippen molar-refractivity contribution in [3.8, 4) is 5.69 Å². The summed E-state index contributed by atoms with van der Waals surface area (Å²) in [5, 5.41) is 7.30. The first kappa shape index (κ1) is 13.3. The normalized spacial score (nSPS) is 13.4. The Morgan fingerprint density at radius 1 is 1.17 bits per heavy atom. The van der Waals surface area contributed by atoms with Gasteiger partial charge in [0.2, 0.25) is 0 Å². The molecule has 0 saturated carbocycles. The van der Waals surface area contributed by atoms with Crippen LogP contribution in [0.25, 0.3) is 16.6 Å². The summed E-state index contributed by atoms with van der Waals surface area (Å²) in [6, 6.07) is 6.43. The molecule has 114 valence electrons. The lowest BCUT2D eigenvalue weighted by molar-refractivity contribution is 0.0880. The van der Waals surface area contributed by atoms with Gasteiger partial charge in [-0.25, -0.2) is 0 Å². The molecule has 8 nitrogen and oxygen atoms in total. The second-order valence-electron chi connectivity index (χ2n) is 5.29. The highest BCUT2D eigenvalue weighted by atomic mass is 16.2. The summed E-state index contributed by atoms with van der Waals surface area (Å²) in [5.41, 5.74) is 6.59. The number of anilines is 1. The van der Waals surface area contributed by atoms with Gasteiger partial charge in [-0.1, -0.05) is 12.1 Å². The lowest BCUT2D eigenvalue weighted by Crippen LogP contribution is -2.24. The Labute approximate surface area is 129 Å². The van der Waals surface area contributed by atoms with E-state index in [-0.39, 0.29) is 16.9 Å². The van der Waals surface area contributed by atoms with E-state index in [0.717, 1.165) is 11.5 Å². The first-order chi connectivity index (χ1) is 11.0. The minimum absolute atomic E-state index is 0.00180. The van der Waals surface area contributed by atoms with Gasteiger partial charge < -0.3 is 5.73 Å². The van der Waals surface area contributed by atoms with Crippen molar-refractivity contribution in [1.29, 1.82) is 0 Å². The maximum Gasteiger partial charge on any atom is 0.262 e. The van der Waals surface area contributed by atoms with Crippen LogP contribution in [0.5, 0.6) is 0 Å². The van der Waals surface area contributed by atoms with Crippen molar-refractivity contribution in [3.05, 3.63) is 51.9 Å². The van der Waals surface area contributed by atoms with E-state index in [1.54, 1.807) is 23.9 Å². The maximum absolute atomic E-state index is 12.5. The van der Waals surface area contributed by atoms with E-state index in [2.05, 4.69) is 10.4 Å². The molecule has 8 heteroatoms. The standard InChI is InChI=1S/C15H11N5O3/c1-19-6-7-3-2-4-9(12(7)18-19)20-10(21)5-8-11(13(20)16)15(23)17-14(8)22/h2-6H,16H2,1H3,(H,17,22,23). The van der Waals surface area contributed by atoms with Crippen molar-refractivity contribution in [2.45, 2.75) is 0 Å². The molecule has 2 aromatic heterocycles. The van der Waals surface area contributed by atoms with Crippen LogP contribution in [0.1, 0.15) is 20.7 Å². The van der Waals surface area contributed by atoms with E-state index in [0.29, 0.717) is 11.2 Å². The molecule has 0 atom stereocenters. The topological polar surface area (TPSA) is 112 Å². The average molecular weight is 309 g/mol. The number of rotatable bonds is 1. The lowest BCUT2D eigenvalue weighted by Gasteiger charge is -2.12. The number of aryl methyl sites for hydroxylation is 1. The van der Waals surface area contributed by atoms with E-state index < -0.39 is 17.4 Å². The van der Waals surface area contributed by atoms with Crippen molar-refractivity contribution >= 4 is 28.5 Å². The van der Waals surface area contributed by atoms with Crippen molar-refractivity contribution in [2.24, 2.45) is 7.05 Å². The second kappa shape index (κ2) is 4.29. The molecule has 0 fully saturated rings. The largest absolute Gasteiger partial charge is 0.384 e. The van der Waals surface area contributed by atoms with Crippen LogP contribution >= 0.6 is 0 Å². The first-order valence-corrected chi connectivity index (χ1v) is 6.81. The molecule has 3 aromatic rings. The number of carbonyl (C=O) groups is 2. The number of imide groups is 1. The zero-order valence-corrected chi connectivity index (χ0v) is 12.0. The SMILES string of the molecule is Cn1cc2cccc(-n3c(N)c4c(cc3=O)C(=O)NC4=O)c2n1. The Balaban J connectivity index is 2.11. The molecule has 2 amide bonds. The smallest absolute Gasteiger partial charge is 0.262 e. The van der Waals surface area contributed by atoms with Crippen LogP contribution in [0.4, 0.5) is 5.82 Å². The predicted octanol–water partition coefficient (Wildman–Crippen LogP) is 0.190. The number of nitrogen functional groups attached to an aromatic ring is 1. The number of hydrogen-bond donors (Lipinski definition) is 2. The van der Waals surface area contributed by atoms with Gasteiger partial charge in [0.1, 0.15) is 11.3 Å². The molecule has 1 aromatic carbocycles. The Kier molecular flexibility index (Phi) is 2.47. The van der Waals surface area contributed by atoms with Gasteiger partial charge in [0, 0.05) is 24.7 Å². The molecule has 3 heterocycles. The van der Waals surface area contributed by atoms with E-state index in [1.165, 1.54) is 4.57 Å². The van der Waals surface area contributed by atoms with Crippen molar-refractivity contribution in [2.75, 3.05) is 5.73 Å². The van der Waals surface area contributed by atoms with Gasteiger partial charge in [0.15, 0.2) is 0 Å². The molecule has 0 bridgehead atoms. The summed E-state index contributed by atoms with van der Waals surface area (Å²) in [7, 11) is 1.77. The van der Waals surface area contributed by atoms with Crippen molar-refractivity contribution in [1.82, 2.24) is 19.7 Å². The Morgan fingerprint density at radius 2 is 1.96 bits per heavy atom. The van der Waals surface area contributed by atoms with Crippen LogP contribution in [0.15, 0.2) is 35.3 Å². The number of nitrogens with one attached hydrogen (secondary N) is 1. The van der Waals surface area contributed by atoms with Gasteiger partial charge in [0.05, 0.1) is 16.8 Å². The molecule has 3 N–H and O–H groups in total. The van der Waals surface area contributed by atoms with Crippen LogP contribution in [-0.2, 0) is 7.05 Å². The van der Waals surface area contributed by atoms with E-state index >= 15 is 0 Å². The first-order valence-electron chi connectivity index (χ1n) is 6.81. The molecule has 0 saturated heterocycles. The number of pyridine rings is 1. The van der Waals surface area contributed by atoms with Crippen LogP contribution in [0.2, 0.25) is 0 Å². The van der Waals surface area contributed by atoms with Gasteiger partial charge in [-0.05, 0) is 6.07 Å². The zero-order chi connectivity index (χ0) is 16.3. The van der Waals surface area contributed by atoms with Gasteiger partial charge in [-0.15, -0.1) is 0 Å². The number of nitrogens with two attached hydrogens (primary N) is 1. The molecule has 0 radical (unpaired) electrons. The molecule has 4 rings (SSSR count). The summed E-state index contributed by atoms with van der Waals surface area (Å²) in [5.74, 6) is -1.30. The molecule has 1 aliphatic rings. The van der Waals surface area contributed by atoms with Gasteiger partial charge in [-0.2, -0.15) is 5.10 Å². The summed E-state index contributed by atoms with van der Waals surface area (Å²) >= 11 is 0. The van der Waals surface area contributed by atoms with E-state index in [1.807, 2.05) is 12.3 Å². The zero-order valence-electron chi connectivity index (χ0n) is 12.0. The van der Waals surface area contributed by atoms with Crippen LogP contribution in [0.3, 0.4) is 0 Å². The number of fused-ring (bicyclic) bond motifs is 2. The number of amides is 2. The Hall–Kier alpha value is -3.42. The number of nitrogens with zero attached hydrogens (tertiary/aromatic N) is 3. The molecule has 1 aliphatic heterocycles. The summed E-state index contributed by atoms with van der Waals surface area (Å²) in [6.45, 7) is 0. The average Bonchev–Trinajstić information content (AvgIpc) is 2.99. The minimum Gasteiger partial charge on any atom is -0.384 e. The third-order valence-electron chi connectivity index (χ3n) is 3.82. The molecule has 0 aliphatic carbocycles. The molecular formula is C15H11N5O3. The number of benzene rings is 1. The van der Waals surface area contributed by atoms with Crippen molar-refractivity contribution in [3.63, 3.8) is 0 Å². The highest BCUT2D eigenvalue weighted by Gasteiger charge is 2.32. The fraction of sp³-hybridized carbons (Fsp3) is 0.0667. The van der Waals surface area contributed by atoms with Crippen LogP contribution in [-0.4, -0.2) is 26.2 Å². The summed E-state index contributed by atoms with van der Waals surface area (Å²) < 4.78 is 2.82. The number of aromatic nitrogens is 3. The second-order valence-corrected chi connectivity index (χ2v) is 5.29. The summed E-state index contributed by atoms with van der Waals surface area (Å²) in [4.78, 5) is 36.1. The molecule has 0 unspecified atom stereocenters. The summed E-state index contributed by atoms with van der Waals surface area (Å²) in [6.07, 6.45) is 1.81. The predicted molar refractivity (Wildman–Crippen MR) is 82.5 cm³/mol. The monoisotopic (exact) mass is 309 g/mol. The molecule has 23 heavy (non-hydrogen) atoms. The van der Waals surface area contributed by atoms with Gasteiger partial charge in [0.25, 0.3) is 17.4 Å². The molecule has 0 spiro atoms. The minimum atomic E-state index is -0.614. The quantitative estimate of drug-likeness (QED) is 0.623. The molecular weight excluding hydrogens is 298 g/mol. The maximum atomic E-state index is 12.5. The number of carbonyl (C=O) groups excluding carboxylic acids is 2. The van der Waals surface area contributed by atoms with E-state index in [4.69, 9.17) is 5.73 Å². The Morgan fingerprint density at radius 3 is 2.74 bits per heavy atom. The van der Waals surface area contributed by atoms with Gasteiger partial charge >= 0.3 is 0 Å². The third kappa shape index (κ3) is 1.71. The fourth-order valence-electron chi connectivity index (χ4n) is 2.86. The van der Waals surface area contributed by atoms with Crippen LogP contribution in [0, 0.1) is 0 Å². The highest BCUT2D eigenvalue weighted by Crippen LogP contribution is 2.26. The fourth-order valence-corrected chi connectivity index (χ4v) is 2.86. The van der Waals surface area contributed by atoms with Crippen LogP contribution < -0.4 is 16.6 Å². The van der Waals surface area contributed by atoms with Crippen molar-refractivity contribution < 1.29 is 9.59 Å².